The smallest absolute Gasteiger partial charge is 0.343 e. The van der Waals surface area contributed by atoms with Crippen molar-refractivity contribution in [3.05, 3.63) is 71.8 Å². The number of benzene rings is 2. The van der Waals surface area contributed by atoms with Crippen molar-refractivity contribution in [1.82, 2.24) is 15.5 Å². The average Bonchev–Trinajstić information content (AvgIpc) is 2.80. The second-order valence-corrected chi connectivity index (χ2v) is 6.93. The van der Waals surface area contributed by atoms with Gasteiger partial charge in [0.2, 0.25) is 0 Å². The minimum absolute atomic E-state index is 0. The maximum atomic E-state index is 13.4. The minimum atomic E-state index is -5.17. The largest absolute Gasteiger partial charge is 0.471 e. The van der Waals surface area contributed by atoms with Crippen molar-refractivity contribution in [3.8, 4) is 11.8 Å². The highest BCUT2D eigenvalue weighted by Gasteiger charge is 2.49. The highest BCUT2D eigenvalue weighted by Crippen LogP contribution is 2.32. The molecule has 0 spiro atoms. The summed E-state index contributed by atoms with van der Waals surface area (Å²) >= 11 is 0. The van der Waals surface area contributed by atoms with Crippen LogP contribution in [0.4, 0.5) is 13.2 Å². The number of alkyl halides is 3. The van der Waals surface area contributed by atoms with E-state index < -0.39 is 23.5 Å². The van der Waals surface area contributed by atoms with Crippen LogP contribution < -0.4 is 10.6 Å². The summed E-state index contributed by atoms with van der Waals surface area (Å²) in [5, 5.41) is 4.52. The number of nitrogens with one attached hydrogen (secondary N) is 2. The van der Waals surface area contributed by atoms with Gasteiger partial charge in [-0.3, -0.25) is 14.5 Å². The lowest BCUT2D eigenvalue weighted by atomic mass is 9.81. The molecule has 0 aliphatic heterocycles. The Labute approximate surface area is 198 Å². The van der Waals surface area contributed by atoms with Gasteiger partial charge < -0.3 is 10.6 Å². The van der Waals surface area contributed by atoms with E-state index in [0.717, 1.165) is 13.1 Å². The van der Waals surface area contributed by atoms with Gasteiger partial charge >= 0.3 is 12.1 Å². The molecule has 2 amide bonds. The highest BCUT2D eigenvalue weighted by molar-refractivity contribution is 5.97. The zero-order valence-electron chi connectivity index (χ0n) is 18.4. The maximum Gasteiger partial charge on any atom is 0.471 e. The zero-order chi connectivity index (χ0) is 23.6. The van der Waals surface area contributed by atoms with Crippen molar-refractivity contribution in [2.75, 3.05) is 26.2 Å². The first-order chi connectivity index (χ1) is 15.3. The fraction of sp³-hybridized carbons (Fsp3) is 0.333. The van der Waals surface area contributed by atoms with Gasteiger partial charge in [-0.25, -0.2) is 0 Å². The molecule has 0 aromatic heterocycles. The van der Waals surface area contributed by atoms with E-state index in [9.17, 15) is 22.8 Å². The molecule has 2 aromatic rings. The van der Waals surface area contributed by atoms with Gasteiger partial charge in [0, 0.05) is 0 Å². The van der Waals surface area contributed by atoms with Gasteiger partial charge in [0.1, 0.15) is 0 Å². The van der Waals surface area contributed by atoms with Crippen LogP contribution in [0.2, 0.25) is 0 Å². The van der Waals surface area contributed by atoms with Gasteiger partial charge in [0.25, 0.3) is 5.91 Å². The van der Waals surface area contributed by atoms with Gasteiger partial charge in [-0.2, -0.15) is 13.2 Å². The Hall–Kier alpha value is -3.02. The predicted octanol–water partition coefficient (Wildman–Crippen LogP) is 3.49. The van der Waals surface area contributed by atoms with Crippen LogP contribution in [0, 0.1) is 11.8 Å². The third kappa shape index (κ3) is 7.24. The Morgan fingerprint density at radius 2 is 1.33 bits per heavy atom. The number of hydrogen-bond donors (Lipinski definition) is 2. The van der Waals surface area contributed by atoms with E-state index in [4.69, 9.17) is 0 Å². The molecular formula is C24H27ClF3N3O2. The Morgan fingerprint density at radius 3 is 1.76 bits per heavy atom. The highest BCUT2D eigenvalue weighted by atomic mass is 35.5. The number of nitrogens with zero attached hydrogens (tertiary/aromatic N) is 1. The van der Waals surface area contributed by atoms with E-state index in [0.29, 0.717) is 6.54 Å². The summed E-state index contributed by atoms with van der Waals surface area (Å²) in [5.74, 6) is 2.72. The molecule has 0 unspecified atom stereocenters. The van der Waals surface area contributed by atoms with Crippen molar-refractivity contribution in [2.45, 2.75) is 25.6 Å². The number of carbonyl (C=O) groups excluding carboxylic acids is 2. The van der Waals surface area contributed by atoms with Crippen LogP contribution in [-0.2, 0) is 15.1 Å². The van der Waals surface area contributed by atoms with E-state index in [2.05, 4.69) is 22.1 Å². The fourth-order valence-electron chi connectivity index (χ4n) is 3.18. The molecule has 0 aliphatic carbocycles. The SMILES string of the molecule is CCN(CC)CC#CCNC(=O)C(NC(=O)C(F)(F)F)(c1ccccc1)c1ccccc1.Cl. The number of rotatable bonds is 8. The van der Waals surface area contributed by atoms with Crippen LogP contribution in [0.1, 0.15) is 25.0 Å². The van der Waals surface area contributed by atoms with Gasteiger partial charge in [-0.1, -0.05) is 86.4 Å². The van der Waals surface area contributed by atoms with E-state index >= 15 is 0 Å². The molecule has 0 atom stereocenters. The van der Waals surface area contributed by atoms with E-state index in [1.165, 1.54) is 24.3 Å². The molecule has 0 saturated heterocycles. The van der Waals surface area contributed by atoms with E-state index in [-0.39, 0.29) is 30.1 Å². The monoisotopic (exact) mass is 481 g/mol. The number of amides is 2. The molecule has 0 bridgehead atoms. The van der Waals surface area contributed by atoms with Crippen LogP contribution in [0.3, 0.4) is 0 Å². The Bertz CT molecular complexity index is 914. The third-order valence-corrected chi connectivity index (χ3v) is 4.97. The Morgan fingerprint density at radius 1 is 0.848 bits per heavy atom. The second-order valence-electron chi connectivity index (χ2n) is 6.93. The van der Waals surface area contributed by atoms with Crippen molar-refractivity contribution in [1.29, 1.82) is 0 Å². The number of hydrogen-bond acceptors (Lipinski definition) is 3. The normalized spacial score (nSPS) is 11.1. The molecule has 2 rings (SSSR count). The summed E-state index contributed by atoms with van der Waals surface area (Å²) in [6.07, 6.45) is -5.17. The minimum Gasteiger partial charge on any atom is -0.343 e. The number of halogens is 4. The molecule has 5 nitrogen and oxygen atoms in total. The standard InChI is InChI=1S/C24H26F3N3O2.ClH/c1-3-30(4-2)18-12-11-17-28-21(31)23(19-13-7-5-8-14-19,20-15-9-6-10-16-20)29-22(32)24(25,26)27;/h5-10,13-16H,3-4,17-18H2,1-2H3,(H,28,31)(H,29,32);1H. The summed E-state index contributed by atoms with van der Waals surface area (Å²) in [5.41, 5.74) is -1.70. The van der Waals surface area contributed by atoms with E-state index in [1.807, 2.05) is 19.2 Å². The lowest BCUT2D eigenvalue weighted by Gasteiger charge is -2.34. The summed E-state index contributed by atoms with van der Waals surface area (Å²) < 4.78 is 39.6. The van der Waals surface area contributed by atoms with Crippen molar-refractivity contribution >= 4 is 24.2 Å². The summed E-state index contributed by atoms with van der Waals surface area (Å²) in [6, 6.07) is 15.7. The molecule has 0 aliphatic rings. The zero-order valence-corrected chi connectivity index (χ0v) is 19.2. The van der Waals surface area contributed by atoms with Crippen molar-refractivity contribution in [2.24, 2.45) is 0 Å². The Kier molecular flexibility index (Phi) is 10.9. The van der Waals surface area contributed by atoms with Crippen LogP contribution in [0.15, 0.2) is 60.7 Å². The molecule has 0 fully saturated rings. The fourth-order valence-corrected chi connectivity index (χ4v) is 3.18. The van der Waals surface area contributed by atoms with Crippen molar-refractivity contribution in [3.63, 3.8) is 0 Å². The first-order valence-corrected chi connectivity index (χ1v) is 10.2. The van der Waals surface area contributed by atoms with Gasteiger partial charge in [-0.15, -0.1) is 12.4 Å². The van der Waals surface area contributed by atoms with Gasteiger partial charge in [0.15, 0.2) is 5.54 Å². The van der Waals surface area contributed by atoms with Gasteiger partial charge in [-0.05, 0) is 24.2 Å². The summed E-state index contributed by atoms with van der Waals surface area (Å²) in [7, 11) is 0. The first kappa shape index (κ1) is 28.0. The molecule has 9 heteroatoms. The Balaban J connectivity index is 0.00000544. The number of carbonyl (C=O) groups is 2. The van der Waals surface area contributed by atoms with Gasteiger partial charge in [0.05, 0.1) is 13.1 Å². The molecule has 2 aromatic carbocycles. The first-order valence-electron chi connectivity index (χ1n) is 10.2. The summed E-state index contributed by atoms with van der Waals surface area (Å²) in [6.45, 7) is 6.09. The van der Waals surface area contributed by atoms with Crippen molar-refractivity contribution < 1.29 is 22.8 Å². The van der Waals surface area contributed by atoms with Crippen LogP contribution in [-0.4, -0.2) is 49.1 Å². The topological polar surface area (TPSA) is 61.4 Å². The molecule has 33 heavy (non-hydrogen) atoms. The predicted molar refractivity (Wildman–Crippen MR) is 124 cm³/mol. The van der Waals surface area contributed by atoms with Crippen LogP contribution in [0.25, 0.3) is 0 Å². The summed E-state index contributed by atoms with van der Waals surface area (Å²) in [4.78, 5) is 27.4. The van der Waals surface area contributed by atoms with Crippen LogP contribution >= 0.6 is 12.4 Å². The second kappa shape index (κ2) is 12.9. The lowest BCUT2D eigenvalue weighted by molar-refractivity contribution is -0.176. The third-order valence-electron chi connectivity index (χ3n) is 4.97. The molecule has 2 N–H and O–H groups in total. The molecule has 178 valence electrons. The van der Waals surface area contributed by atoms with Crippen LogP contribution in [0.5, 0.6) is 0 Å². The molecule has 0 saturated carbocycles. The average molecular weight is 482 g/mol. The molecule has 0 radical (unpaired) electrons. The quantitative estimate of drug-likeness (QED) is 0.567. The lowest BCUT2D eigenvalue weighted by Crippen LogP contribution is -2.59. The van der Waals surface area contributed by atoms with E-state index in [1.54, 1.807) is 36.4 Å². The molecule has 0 heterocycles. The maximum absolute atomic E-state index is 13.4. The molecular weight excluding hydrogens is 455 g/mol.